The lowest BCUT2D eigenvalue weighted by Crippen LogP contribution is -2.02. The standard InChI is InChI=1S/C20H14I2N4O5/c21-16-7-13(9-24-25-18-6-5-15(10-23-18)26(29)30)8-17(22)19(16)31-11-12-1-3-14(4-2-12)20(27)28/h1-10H,11H2,(H,23,25)(H,27,28)/b24-9+. The van der Waals surface area contributed by atoms with Gasteiger partial charge >= 0.3 is 5.97 Å². The molecule has 9 nitrogen and oxygen atoms in total. The smallest absolute Gasteiger partial charge is 0.335 e. The molecule has 0 aliphatic rings. The maximum atomic E-state index is 10.9. The Balaban J connectivity index is 1.63. The quantitative estimate of drug-likeness (QED) is 0.154. The third-order valence-corrected chi connectivity index (χ3v) is 5.56. The summed E-state index contributed by atoms with van der Waals surface area (Å²) < 4.78 is 7.71. The summed E-state index contributed by atoms with van der Waals surface area (Å²) in [6, 6.07) is 13.2. The first-order valence-corrected chi connectivity index (χ1v) is 10.8. The van der Waals surface area contributed by atoms with E-state index in [1.165, 1.54) is 12.1 Å². The van der Waals surface area contributed by atoms with E-state index in [9.17, 15) is 14.9 Å². The number of anilines is 1. The second kappa shape index (κ2) is 10.5. The Labute approximate surface area is 204 Å². The van der Waals surface area contributed by atoms with E-state index in [0.29, 0.717) is 12.4 Å². The number of carbonyl (C=O) groups is 1. The molecule has 1 heterocycles. The largest absolute Gasteiger partial charge is 0.487 e. The molecular weight excluding hydrogens is 630 g/mol. The Hall–Kier alpha value is -2.81. The van der Waals surface area contributed by atoms with E-state index in [4.69, 9.17) is 9.84 Å². The number of nitro groups is 1. The fourth-order valence-corrected chi connectivity index (χ4v) is 4.55. The molecule has 0 amide bonds. The second-order valence-corrected chi connectivity index (χ2v) is 8.46. The minimum absolute atomic E-state index is 0.0907. The molecule has 11 heteroatoms. The highest BCUT2D eigenvalue weighted by Gasteiger charge is 2.10. The fraction of sp³-hybridized carbons (Fsp3) is 0.0500. The van der Waals surface area contributed by atoms with Gasteiger partial charge in [0.25, 0.3) is 5.69 Å². The van der Waals surface area contributed by atoms with Crippen LogP contribution in [0.1, 0.15) is 21.5 Å². The van der Waals surface area contributed by atoms with E-state index in [-0.39, 0.29) is 11.3 Å². The zero-order valence-corrected chi connectivity index (χ0v) is 20.0. The van der Waals surface area contributed by atoms with Crippen LogP contribution in [0.15, 0.2) is 59.8 Å². The van der Waals surface area contributed by atoms with Crippen molar-refractivity contribution in [1.29, 1.82) is 0 Å². The Morgan fingerprint density at radius 1 is 1.19 bits per heavy atom. The predicted molar refractivity (Wildman–Crippen MR) is 132 cm³/mol. The Morgan fingerprint density at radius 2 is 1.87 bits per heavy atom. The van der Waals surface area contributed by atoms with Gasteiger partial charge in [-0.1, -0.05) is 12.1 Å². The SMILES string of the molecule is O=C(O)c1ccc(COc2c(I)cc(/C=N/Nc3ccc([N+](=O)[O-])cn3)cc2I)cc1. The molecule has 0 fully saturated rings. The fourth-order valence-electron chi connectivity index (χ4n) is 2.42. The first kappa shape index (κ1) is 22.9. The molecule has 2 aromatic carbocycles. The van der Waals surface area contributed by atoms with Crippen LogP contribution in [0.2, 0.25) is 0 Å². The van der Waals surface area contributed by atoms with E-state index < -0.39 is 10.9 Å². The van der Waals surface area contributed by atoms with Gasteiger partial charge in [0.1, 0.15) is 24.4 Å². The molecule has 3 aromatic rings. The van der Waals surface area contributed by atoms with Gasteiger partial charge in [0.15, 0.2) is 0 Å². The lowest BCUT2D eigenvalue weighted by molar-refractivity contribution is -0.385. The van der Waals surface area contributed by atoms with Crippen LogP contribution in [-0.4, -0.2) is 27.2 Å². The Morgan fingerprint density at radius 3 is 2.42 bits per heavy atom. The number of aromatic nitrogens is 1. The molecule has 1 aromatic heterocycles. The van der Waals surface area contributed by atoms with Crippen LogP contribution in [0, 0.1) is 17.3 Å². The zero-order valence-electron chi connectivity index (χ0n) is 15.7. The first-order chi connectivity index (χ1) is 14.8. The average Bonchev–Trinajstić information content (AvgIpc) is 2.74. The van der Waals surface area contributed by atoms with Crippen molar-refractivity contribution in [1.82, 2.24) is 4.98 Å². The molecule has 0 aliphatic heterocycles. The zero-order chi connectivity index (χ0) is 22.4. The van der Waals surface area contributed by atoms with Crippen molar-refractivity contribution < 1.29 is 19.6 Å². The van der Waals surface area contributed by atoms with Crippen LogP contribution < -0.4 is 10.2 Å². The first-order valence-electron chi connectivity index (χ1n) is 8.67. The van der Waals surface area contributed by atoms with E-state index in [2.05, 4.69) is 60.7 Å². The van der Waals surface area contributed by atoms with Crippen molar-refractivity contribution in [3.05, 3.63) is 88.7 Å². The summed E-state index contributed by atoms with van der Waals surface area (Å²) in [6.45, 7) is 0.312. The number of ether oxygens (including phenoxy) is 1. The van der Waals surface area contributed by atoms with Crippen molar-refractivity contribution in [2.24, 2.45) is 5.10 Å². The second-order valence-electron chi connectivity index (χ2n) is 6.13. The number of nitrogens with one attached hydrogen (secondary N) is 1. The van der Waals surface area contributed by atoms with Crippen LogP contribution in [-0.2, 0) is 6.61 Å². The van der Waals surface area contributed by atoms with Gasteiger partial charge in [-0.2, -0.15) is 5.10 Å². The molecule has 0 spiro atoms. The summed E-state index contributed by atoms with van der Waals surface area (Å²) in [7, 11) is 0. The van der Waals surface area contributed by atoms with Gasteiger partial charge < -0.3 is 9.84 Å². The molecule has 0 unspecified atom stereocenters. The van der Waals surface area contributed by atoms with Crippen molar-refractivity contribution in [2.45, 2.75) is 6.61 Å². The van der Waals surface area contributed by atoms with Gasteiger partial charge in [-0.25, -0.2) is 9.78 Å². The summed E-state index contributed by atoms with van der Waals surface area (Å²) in [6.07, 6.45) is 2.77. The molecular formula is C20H14I2N4O5. The van der Waals surface area contributed by atoms with Crippen LogP contribution >= 0.6 is 45.2 Å². The van der Waals surface area contributed by atoms with Gasteiger partial charge in [0.2, 0.25) is 0 Å². The van der Waals surface area contributed by atoms with Gasteiger partial charge in [0, 0.05) is 6.07 Å². The Kier molecular flexibility index (Phi) is 7.73. The van der Waals surface area contributed by atoms with Gasteiger partial charge in [0.05, 0.1) is 23.8 Å². The molecule has 0 radical (unpaired) electrons. The molecule has 0 bridgehead atoms. The number of nitrogens with zero attached hydrogens (tertiary/aromatic N) is 3. The van der Waals surface area contributed by atoms with E-state index >= 15 is 0 Å². The lowest BCUT2D eigenvalue weighted by atomic mass is 10.1. The number of halogens is 2. The highest BCUT2D eigenvalue weighted by molar-refractivity contribution is 14.1. The lowest BCUT2D eigenvalue weighted by Gasteiger charge is -2.11. The number of hydrazone groups is 1. The van der Waals surface area contributed by atoms with Crippen molar-refractivity contribution in [2.75, 3.05) is 5.43 Å². The van der Waals surface area contributed by atoms with Crippen molar-refractivity contribution in [3.8, 4) is 5.75 Å². The summed E-state index contributed by atoms with van der Waals surface area (Å²) >= 11 is 4.35. The number of pyridine rings is 1. The number of hydrogen-bond donors (Lipinski definition) is 2. The summed E-state index contributed by atoms with van der Waals surface area (Å²) in [5.74, 6) is 0.151. The predicted octanol–water partition coefficient (Wildman–Crippen LogP) is 4.92. The number of rotatable bonds is 8. The van der Waals surface area contributed by atoms with E-state index in [0.717, 1.165) is 30.2 Å². The molecule has 158 valence electrons. The van der Waals surface area contributed by atoms with Crippen molar-refractivity contribution in [3.63, 3.8) is 0 Å². The molecule has 0 saturated carbocycles. The number of aromatic carboxylic acids is 1. The third-order valence-electron chi connectivity index (χ3n) is 3.96. The highest BCUT2D eigenvalue weighted by Crippen LogP contribution is 2.29. The maximum Gasteiger partial charge on any atom is 0.335 e. The highest BCUT2D eigenvalue weighted by atomic mass is 127. The molecule has 0 aliphatic carbocycles. The van der Waals surface area contributed by atoms with Gasteiger partial charge in [-0.15, -0.1) is 0 Å². The maximum absolute atomic E-state index is 10.9. The molecule has 2 N–H and O–H groups in total. The van der Waals surface area contributed by atoms with Gasteiger partial charge in [-0.3, -0.25) is 15.5 Å². The number of hydrogen-bond acceptors (Lipinski definition) is 7. The summed E-state index contributed by atoms with van der Waals surface area (Å²) in [4.78, 5) is 25.0. The molecule has 0 saturated heterocycles. The van der Waals surface area contributed by atoms with Crippen LogP contribution in [0.3, 0.4) is 0 Å². The van der Waals surface area contributed by atoms with E-state index in [1.807, 2.05) is 12.1 Å². The van der Waals surface area contributed by atoms with Crippen LogP contribution in [0.4, 0.5) is 11.5 Å². The van der Waals surface area contributed by atoms with E-state index in [1.54, 1.807) is 30.5 Å². The Bertz CT molecular complexity index is 1110. The minimum atomic E-state index is -0.965. The molecule has 0 atom stereocenters. The molecule has 31 heavy (non-hydrogen) atoms. The molecule has 3 rings (SSSR count). The number of carboxylic acid groups (broad SMARTS) is 1. The normalized spacial score (nSPS) is 10.8. The number of carboxylic acids is 1. The van der Waals surface area contributed by atoms with Crippen molar-refractivity contribution >= 4 is 68.9 Å². The van der Waals surface area contributed by atoms with Crippen LogP contribution in [0.25, 0.3) is 0 Å². The monoisotopic (exact) mass is 644 g/mol. The minimum Gasteiger partial charge on any atom is -0.487 e. The van der Waals surface area contributed by atoms with Crippen LogP contribution in [0.5, 0.6) is 5.75 Å². The topological polar surface area (TPSA) is 127 Å². The van der Waals surface area contributed by atoms with Gasteiger partial charge in [-0.05, 0) is 86.6 Å². The number of benzene rings is 2. The summed E-state index contributed by atoms with van der Waals surface area (Å²) in [5, 5.41) is 23.7. The summed E-state index contributed by atoms with van der Waals surface area (Å²) in [5.41, 5.74) is 4.57. The third kappa shape index (κ3) is 6.33. The average molecular weight is 644 g/mol.